The second kappa shape index (κ2) is 6.79. The van der Waals surface area contributed by atoms with Crippen LogP contribution in [0.15, 0.2) is 0 Å². The van der Waals surface area contributed by atoms with Crippen molar-refractivity contribution in [3.63, 3.8) is 0 Å². The van der Waals surface area contributed by atoms with Crippen LogP contribution in [0.5, 0.6) is 0 Å². The summed E-state index contributed by atoms with van der Waals surface area (Å²) in [5.74, 6) is -0.285. The SMILES string of the molecule is COC(=O)C(C)CC(C)NC[C@@H](C)O. The molecule has 0 aliphatic heterocycles. The number of ether oxygens (including phenoxy) is 1. The number of carbonyl (C=O) groups excluding carboxylic acids is 1. The Morgan fingerprint density at radius 1 is 1.43 bits per heavy atom. The van der Waals surface area contributed by atoms with Crippen LogP contribution in [0.3, 0.4) is 0 Å². The molecule has 3 atom stereocenters. The van der Waals surface area contributed by atoms with Crippen LogP contribution in [0.25, 0.3) is 0 Å². The predicted molar refractivity (Wildman–Crippen MR) is 54.9 cm³/mol. The summed E-state index contributed by atoms with van der Waals surface area (Å²) in [4.78, 5) is 11.1. The number of rotatable bonds is 6. The third kappa shape index (κ3) is 5.94. The largest absolute Gasteiger partial charge is 0.469 e. The highest BCUT2D eigenvalue weighted by atomic mass is 16.5. The zero-order chi connectivity index (χ0) is 11.1. The Hall–Kier alpha value is -0.610. The van der Waals surface area contributed by atoms with Crippen molar-refractivity contribution in [3.8, 4) is 0 Å². The van der Waals surface area contributed by atoms with E-state index in [0.717, 1.165) is 6.42 Å². The first-order chi connectivity index (χ1) is 6.47. The first-order valence-corrected chi connectivity index (χ1v) is 4.96. The Morgan fingerprint density at radius 3 is 2.43 bits per heavy atom. The predicted octanol–water partition coefficient (Wildman–Crippen LogP) is 0.544. The van der Waals surface area contributed by atoms with E-state index in [1.807, 2.05) is 13.8 Å². The lowest BCUT2D eigenvalue weighted by Crippen LogP contribution is -2.34. The summed E-state index contributed by atoms with van der Waals surface area (Å²) >= 11 is 0. The highest BCUT2D eigenvalue weighted by Gasteiger charge is 2.16. The number of aliphatic hydroxyl groups excluding tert-OH is 1. The lowest BCUT2D eigenvalue weighted by molar-refractivity contribution is -0.145. The van der Waals surface area contributed by atoms with E-state index in [2.05, 4.69) is 10.1 Å². The average molecular weight is 203 g/mol. The normalized spacial score (nSPS) is 17.2. The number of esters is 1. The minimum absolute atomic E-state index is 0.100. The zero-order valence-corrected chi connectivity index (χ0v) is 9.41. The Morgan fingerprint density at radius 2 is 2.00 bits per heavy atom. The van der Waals surface area contributed by atoms with Gasteiger partial charge in [0.25, 0.3) is 0 Å². The fourth-order valence-corrected chi connectivity index (χ4v) is 1.28. The summed E-state index contributed by atoms with van der Waals surface area (Å²) in [6, 6.07) is 0.207. The van der Waals surface area contributed by atoms with Gasteiger partial charge in [-0.25, -0.2) is 0 Å². The third-order valence-corrected chi connectivity index (χ3v) is 2.07. The van der Waals surface area contributed by atoms with Gasteiger partial charge in [-0.3, -0.25) is 4.79 Å². The van der Waals surface area contributed by atoms with Crippen LogP contribution >= 0.6 is 0 Å². The van der Waals surface area contributed by atoms with Gasteiger partial charge >= 0.3 is 5.97 Å². The second-order valence-electron chi connectivity index (χ2n) is 3.82. The molecule has 2 N–H and O–H groups in total. The van der Waals surface area contributed by atoms with Gasteiger partial charge < -0.3 is 15.2 Å². The van der Waals surface area contributed by atoms with E-state index in [1.165, 1.54) is 7.11 Å². The molecule has 0 amide bonds. The van der Waals surface area contributed by atoms with Crippen molar-refractivity contribution in [1.82, 2.24) is 5.32 Å². The molecule has 0 aromatic rings. The Labute approximate surface area is 85.6 Å². The molecular weight excluding hydrogens is 182 g/mol. The van der Waals surface area contributed by atoms with Crippen LogP contribution in [-0.2, 0) is 9.53 Å². The van der Waals surface area contributed by atoms with Crippen LogP contribution < -0.4 is 5.32 Å². The highest BCUT2D eigenvalue weighted by Crippen LogP contribution is 2.07. The summed E-state index contributed by atoms with van der Waals surface area (Å²) in [6.07, 6.45) is 0.366. The molecule has 0 aromatic carbocycles. The van der Waals surface area contributed by atoms with Gasteiger partial charge in [0.2, 0.25) is 0 Å². The zero-order valence-electron chi connectivity index (χ0n) is 9.41. The molecule has 0 aliphatic carbocycles. The molecule has 0 rings (SSSR count). The van der Waals surface area contributed by atoms with Crippen molar-refractivity contribution < 1.29 is 14.6 Å². The molecule has 2 unspecified atom stereocenters. The Balaban J connectivity index is 3.70. The van der Waals surface area contributed by atoms with E-state index in [1.54, 1.807) is 6.92 Å². The smallest absolute Gasteiger partial charge is 0.308 e. The fourth-order valence-electron chi connectivity index (χ4n) is 1.28. The van der Waals surface area contributed by atoms with E-state index in [4.69, 9.17) is 5.11 Å². The lowest BCUT2D eigenvalue weighted by Gasteiger charge is -2.17. The summed E-state index contributed by atoms with van der Waals surface area (Å²) in [6.45, 7) is 6.10. The van der Waals surface area contributed by atoms with Crippen molar-refractivity contribution in [2.45, 2.75) is 39.3 Å². The summed E-state index contributed by atoms with van der Waals surface area (Å²) in [7, 11) is 1.40. The van der Waals surface area contributed by atoms with Crippen LogP contribution in [0, 0.1) is 5.92 Å². The molecule has 0 saturated carbocycles. The summed E-state index contributed by atoms with van der Waals surface area (Å²) < 4.78 is 4.62. The number of aliphatic hydroxyl groups is 1. The number of hydrogen-bond donors (Lipinski definition) is 2. The van der Waals surface area contributed by atoms with Gasteiger partial charge in [0.1, 0.15) is 0 Å². The first kappa shape index (κ1) is 13.4. The molecular formula is C10H21NO3. The van der Waals surface area contributed by atoms with E-state index in [0.29, 0.717) is 6.54 Å². The standard InChI is InChI=1S/C10H21NO3/c1-7(10(13)14-4)5-8(2)11-6-9(3)12/h7-9,11-12H,5-6H2,1-4H3/t7?,8?,9-/m1/s1. The molecule has 0 heterocycles. The van der Waals surface area contributed by atoms with Gasteiger partial charge in [0, 0.05) is 12.6 Å². The molecule has 0 fully saturated rings. The van der Waals surface area contributed by atoms with Crippen molar-refractivity contribution in [2.24, 2.45) is 5.92 Å². The van der Waals surface area contributed by atoms with E-state index in [9.17, 15) is 4.79 Å². The van der Waals surface area contributed by atoms with Crippen molar-refractivity contribution >= 4 is 5.97 Å². The maximum Gasteiger partial charge on any atom is 0.308 e. The van der Waals surface area contributed by atoms with Gasteiger partial charge in [-0.1, -0.05) is 6.92 Å². The molecule has 0 radical (unpaired) electrons. The summed E-state index contributed by atoms with van der Waals surface area (Å²) in [5, 5.41) is 12.2. The van der Waals surface area contributed by atoms with Crippen molar-refractivity contribution in [3.05, 3.63) is 0 Å². The average Bonchev–Trinajstić information content (AvgIpc) is 2.13. The van der Waals surface area contributed by atoms with Gasteiger partial charge in [0.05, 0.1) is 19.1 Å². The molecule has 4 nitrogen and oxygen atoms in total. The maximum atomic E-state index is 11.1. The molecule has 14 heavy (non-hydrogen) atoms. The van der Waals surface area contributed by atoms with Gasteiger partial charge in [-0.2, -0.15) is 0 Å². The van der Waals surface area contributed by atoms with Crippen LogP contribution in [0.4, 0.5) is 0 Å². The first-order valence-electron chi connectivity index (χ1n) is 4.96. The molecule has 84 valence electrons. The minimum Gasteiger partial charge on any atom is -0.469 e. The monoisotopic (exact) mass is 203 g/mol. The second-order valence-corrected chi connectivity index (χ2v) is 3.82. The van der Waals surface area contributed by atoms with Gasteiger partial charge in [-0.15, -0.1) is 0 Å². The molecule has 0 aliphatic rings. The molecule has 0 spiro atoms. The summed E-state index contributed by atoms with van der Waals surface area (Å²) in [5.41, 5.74) is 0. The lowest BCUT2D eigenvalue weighted by atomic mass is 10.0. The Bertz CT molecular complexity index is 171. The topological polar surface area (TPSA) is 58.6 Å². The number of hydrogen-bond acceptors (Lipinski definition) is 4. The van der Waals surface area contributed by atoms with Crippen LogP contribution in [0.1, 0.15) is 27.2 Å². The Kier molecular flexibility index (Phi) is 6.49. The third-order valence-electron chi connectivity index (χ3n) is 2.07. The van der Waals surface area contributed by atoms with E-state index in [-0.39, 0.29) is 24.0 Å². The minimum atomic E-state index is -0.356. The molecule has 0 aromatic heterocycles. The molecule has 0 bridgehead atoms. The maximum absolute atomic E-state index is 11.1. The molecule has 4 heteroatoms. The van der Waals surface area contributed by atoms with E-state index >= 15 is 0 Å². The quantitative estimate of drug-likeness (QED) is 0.619. The van der Waals surface area contributed by atoms with Gasteiger partial charge in [-0.05, 0) is 20.3 Å². The van der Waals surface area contributed by atoms with Crippen LogP contribution in [0.2, 0.25) is 0 Å². The number of methoxy groups -OCH3 is 1. The molecule has 0 saturated heterocycles. The van der Waals surface area contributed by atoms with Crippen molar-refractivity contribution in [1.29, 1.82) is 0 Å². The highest BCUT2D eigenvalue weighted by molar-refractivity contribution is 5.71. The number of nitrogens with one attached hydrogen (secondary N) is 1. The van der Waals surface area contributed by atoms with Crippen molar-refractivity contribution in [2.75, 3.05) is 13.7 Å². The van der Waals surface area contributed by atoms with E-state index < -0.39 is 0 Å². The fraction of sp³-hybridized carbons (Fsp3) is 0.900. The number of carbonyl (C=O) groups is 1. The van der Waals surface area contributed by atoms with Crippen LogP contribution in [-0.4, -0.2) is 36.9 Å². The van der Waals surface area contributed by atoms with Gasteiger partial charge in [0.15, 0.2) is 0 Å².